The van der Waals surface area contributed by atoms with E-state index in [2.05, 4.69) is 32.2 Å². The number of rotatable bonds is 10. The minimum absolute atomic E-state index is 0.0320. The van der Waals surface area contributed by atoms with Gasteiger partial charge in [0, 0.05) is 34.4 Å². The second-order valence-electron chi connectivity index (χ2n) is 9.16. The predicted molar refractivity (Wildman–Crippen MR) is 138 cm³/mol. The molecule has 2 amide bonds. The van der Waals surface area contributed by atoms with Gasteiger partial charge >= 0.3 is 0 Å². The van der Waals surface area contributed by atoms with E-state index in [0.717, 1.165) is 43.2 Å². The lowest BCUT2D eigenvalue weighted by atomic mass is 9.93. The molecule has 2 aromatic rings. The van der Waals surface area contributed by atoms with Gasteiger partial charge in [0.25, 0.3) is 0 Å². The Hall–Kier alpha value is -1.56. The standard InChI is InChI=1S/C26H34Cl2N2O2S/c1-4-5-6-7-24(31)29(13-10-18(2)3)17-25(32)30-14-11-23-21(12-15-33-23)26(30)20-9-8-19(27)16-22(20)28/h8-9,12,15-16,18,26H,4-7,10-11,13-14,17H2,1-3H3. The van der Waals surface area contributed by atoms with E-state index >= 15 is 0 Å². The molecule has 0 saturated carbocycles. The zero-order valence-corrected chi connectivity index (χ0v) is 22.1. The van der Waals surface area contributed by atoms with E-state index in [0.29, 0.717) is 35.5 Å². The van der Waals surface area contributed by atoms with Gasteiger partial charge in [-0.25, -0.2) is 0 Å². The maximum atomic E-state index is 13.6. The number of carbonyl (C=O) groups is 2. The molecule has 1 aromatic carbocycles. The molecule has 0 fully saturated rings. The van der Waals surface area contributed by atoms with Crippen LogP contribution in [0.25, 0.3) is 0 Å². The Balaban J connectivity index is 1.84. The molecule has 1 atom stereocenters. The Kier molecular flexibility index (Phi) is 9.66. The van der Waals surface area contributed by atoms with Gasteiger partial charge in [-0.1, -0.05) is 62.9 Å². The molecule has 0 spiro atoms. The fraction of sp³-hybridized carbons (Fsp3) is 0.538. The number of thiophene rings is 1. The molecule has 1 unspecified atom stereocenters. The zero-order valence-electron chi connectivity index (χ0n) is 19.8. The summed E-state index contributed by atoms with van der Waals surface area (Å²) in [5.74, 6) is 0.511. The van der Waals surface area contributed by atoms with Gasteiger partial charge in [-0.15, -0.1) is 11.3 Å². The van der Waals surface area contributed by atoms with Crippen molar-refractivity contribution in [2.75, 3.05) is 19.6 Å². The Morgan fingerprint density at radius 3 is 2.67 bits per heavy atom. The van der Waals surface area contributed by atoms with Crippen LogP contribution in [0.2, 0.25) is 10.0 Å². The molecule has 1 aliphatic heterocycles. The van der Waals surface area contributed by atoms with Gasteiger partial charge < -0.3 is 9.80 Å². The normalized spacial score (nSPS) is 15.6. The van der Waals surface area contributed by atoms with Crippen LogP contribution in [0.15, 0.2) is 29.6 Å². The molecule has 1 aromatic heterocycles. The summed E-state index contributed by atoms with van der Waals surface area (Å²) in [4.78, 5) is 31.6. The number of fused-ring (bicyclic) bond motifs is 1. The predicted octanol–water partition coefficient (Wildman–Crippen LogP) is 6.98. The second-order valence-corrected chi connectivity index (χ2v) is 11.0. The molecule has 2 heterocycles. The third-order valence-corrected chi connectivity index (χ3v) is 7.75. The highest BCUT2D eigenvalue weighted by Gasteiger charge is 2.35. The summed E-state index contributed by atoms with van der Waals surface area (Å²) in [6.07, 6.45) is 5.16. The highest BCUT2D eigenvalue weighted by Crippen LogP contribution is 2.41. The molecule has 0 radical (unpaired) electrons. The van der Waals surface area contributed by atoms with Crippen LogP contribution in [0.3, 0.4) is 0 Å². The van der Waals surface area contributed by atoms with Gasteiger partial charge in [-0.3, -0.25) is 9.59 Å². The van der Waals surface area contributed by atoms with Gasteiger partial charge in [0.05, 0.1) is 12.6 Å². The van der Waals surface area contributed by atoms with Gasteiger partial charge in [0.15, 0.2) is 0 Å². The van der Waals surface area contributed by atoms with Crippen molar-refractivity contribution in [1.29, 1.82) is 0 Å². The largest absolute Gasteiger partial charge is 0.333 e. The maximum Gasteiger partial charge on any atom is 0.242 e. The van der Waals surface area contributed by atoms with Crippen molar-refractivity contribution in [3.05, 3.63) is 55.7 Å². The molecule has 0 saturated heterocycles. The van der Waals surface area contributed by atoms with E-state index in [1.165, 1.54) is 4.88 Å². The van der Waals surface area contributed by atoms with Crippen LogP contribution in [0.4, 0.5) is 0 Å². The molecule has 0 N–H and O–H groups in total. The number of hydrogen-bond donors (Lipinski definition) is 0. The molecular weight excluding hydrogens is 475 g/mol. The first-order valence-electron chi connectivity index (χ1n) is 11.9. The van der Waals surface area contributed by atoms with Crippen molar-refractivity contribution in [2.24, 2.45) is 5.92 Å². The third kappa shape index (κ3) is 6.74. The van der Waals surface area contributed by atoms with Crippen molar-refractivity contribution in [1.82, 2.24) is 9.80 Å². The highest BCUT2D eigenvalue weighted by atomic mass is 35.5. The van der Waals surface area contributed by atoms with E-state index in [9.17, 15) is 9.59 Å². The number of amides is 2. The summed E-state index contributed by atoms with van der Waals surface area (Å²) in [5.41, 5.74) is 1.99. The summed E-state index contributed by atoms with van der Waals surface area (Å²) < 4.78 is 0. The van der Waals surface area contributed by atoms with Crippen LogP contribution in [0, 0.1) is 5.92 Å². The Bertz CT molecular complexity index is 960. The molecule has 4 nitrogen and oxygen atoms in total. The molecule has 180 valence electrons. The van der Waals surface area contributed by atoms with Crippen molar-refractivity contribution in [3.8, 4) is 0 Å². The van der Waals surface area contributed by atoms with E-state index in [-0.39, 0.29) is 24.4 Å². The van der Waals surface area contributed by atoms with Gasteiger partial charge in [0.2, 0.25) is 11.8 Å². The summed E-state index contributed by atoms with van der Waals surface area (Å²) >= 11 is 14.5. The average molecular weight is 510 g/mol. The third-order valence-electron chi connectivity index (χ3n) is 6.19. The molecular formula is C26H34Cl2N2O2S. The van der Waals surface area contributed by atoms with E-state index in [1.807, 2.05) is 17.0 Å². The summed E-state index contributed by atoms with van der Waals surface area (Å²) in [6, 6.07) is 7.28. The Morgan fingerprint density at radius 2 is 1.97 bits per heavy atom. The number of halogens is 2. The van der Waals surface area contributed by atoms with Crippen LogP contribution in [0.1, 0.15) is 74.9 Å². The lowest BCUT2D eigenvalue weighted by molar-refractivity contribution is -0.142. The van der Waals surface area contributed by atoms with Gasteiger partial charge in [0.1, 0.15) is 0 Å². The highest BCUT2D eigenvalue weighted by molar-refractivity contribution is 7.10. The molecule has 33 heavy (non-hydrogen) atoms. The van der Waals surface area contributed by atoms with Crippen LogP contribution in [-0.2, 0) is 16.0 Å². The zero-order chi connectivity index (χ0) is 24.0. The molecule has 3 rings (SSSR count). The van der Waals surface area contributed by atoms with Crippen molar-refractivity contribution in [3.63, 3.8) is 0 Å². The lowest BCUT2D eigenvalue weighted by Crippen LogP contribution is -2.47. The second kappa shape index (κ2) is 12.2. The van der Waals surface area contributed by atoms with Crippen LogP contribution in [-0.4, -0.2) is 41.2 Å². The van der Waals surface area contributed by atoms with Crippen molar-refractivity contribution < 1.29 is 9.59 Å². The van der Waals surface area contributed by atoms with E-state index < -0.39 is 0 Å². The maximum absolute atomic E-state index is 13.6. The van der Waals surface area contributed by atoms with Crippen LogP contribution < -0.4 is 0 Å². The fourth-order valence-corrected chi connectivity index (χ4v) is 5.70. The molecule has 1 aliphatic rings. The molecule has 0 aliphatic carbocycles. The SMILES string of the molecule is CCCCCC(=O)N(CCC(C)C)CC(=O)N1CCc2sccc2C1c1ccc(Cl)cc1Cl. The fourth-order valence-electron chi connectivity index (χ4n) is 4.29. The van der Waals surface area contributed by atoms with E-state index in [4.69, 9.17) is 23.2 Å². The first-order valence-corrected chi connectivity index (χ1v) is 13.5. The van der Waals surface area contributed by atoms with Crippen molar-refractivity contribution >= 4 is 46.4 Å². The smallest absolute Gasteiger partial charge is 0.242 e. The van der Waals surface area contributed by atoms with Crippen LogP contribution in [0.5, 0.6) is 0 Å². The quantitative estimate of drug-likeness (QED) is 0.324. The first kappa shape index (κ1) is 26.1. The Morgan fingerprint density at radius 1 is 1.18 bits per heavy atom. The topological polar surface area (TPSA) is 40.6 Å². The number of carbonyl (C=O) groups excluding carboxylic acids is 2. The first-order chi connectivity index (χ1) is 15.8. The van der Waals surface area contributed by atoms with Gasteiger partial charge in [-0.2, -0.15) is 0 Å². The summed E-state index contributed by atoms with van der Waals surface area (Å²) in [7, 11) is 0. The lowest BCUT2D eigenvalue weighted by Gasteiger charge is -2.38. The monoisotopic (exact) mass is 508 g/mol. The van der Waals surface area contributed by atoms with Gasteiger partial charge in [-0.05, 0) is 59.9 Å². The minimum atomic E-state index is -0.264. The number of hydrogen-bond acceptors (Lipinski definition) is 3. The number of benzene rings is 1. The summed E-state index contributed by atoms with van der Waals surface area (Å²) in [5, 5.41) is 3.19. The molecule has 7 heteroatoms. The number of nitrogens with zero attached hydrogens (tertiary/aromatic N) is 2. The minimum Gasteiger partial charge on any atom is -0.333 e. The summed E-state index contributed by atoms with van der Waals surface area (Å²) in [6.45, 7) is 7.74. The average Bonchev–Trinajstić information content (AvgIpc) is 3.25. The molecule has 0 bridgehead atoms. The Labute approximate surface area is 211 Å². The van der Waals surface area contributed by atoms with Crippen molar-refractivity contribution in [2.45, 2.75) is 65.3 Å². The number of unbranched alkanes of at least 4 members (excludes halogenated alkanes) is 2. The van der Waals surface area contributed by atoms with E-state index in [1.54, 1.807) is 22.3 Å². The van der Waals surface area contributed by atoms with Crippen LogP contribution >= 0.6 is 34.5 Å².